The molecule has 0 saturated carbocycles. The molecule has 0 aromatic heterocycles. The Morgan fingerprint density at radius 3 is 0.759 bits per heavy atom. The molecule has 0 unspecified atom stereocenters. The van der Waals surface area contributed by atoms with Crippen molar-refractivity contribution in [3.05, 3.63) is 0 Å². The molecule has 54 heavy (non-hydrogen) atoms. The number of likely N-dealkylation sites (N-methyl/N-ethyl adjacent to an activating group) is 1. The number of nitrogens with zero attached hydrogens (tertiary/aromatic N) is 1. The number of quaternary nitrogens is 1. The molecule has 0 heterocycles. The van der Waals surface area contributed by atoms with E-state index in [-0.39, 0.29) is 11.0 Å². The first-order valence-corrected chi connectivity index (χ1v) is 26.1. The molecule has 0 spiro atoms. The zero-order valence-electron chi connectivity index (χ0n) is 37.9. The molecule has 0 radical (unpaired) electrons. The summed E-state index contributed by atoms with van der Waals surface area (Å²) in [5.41, 5.74) is 0.243. The second kappa shape index (κ2) is 42.3. The van der Waals surface area contributed by atoms with Gasteiger partial charge >= 0.3 is 213 Å². The second-order valence-electron chi connectivity index (χ2n) is 18.3. The smallest absolute Gasteiger partial charge is 0.0654 e. The monoisotopic (exact) mass is 782 g/mol. The SMILES string of the molecule is CCCCCCCCCCCCCCCCCCCCCC(=O)[PH-](OCC[N+](C)(C)C)C(=O)CCCCCCCCCCCCCCCCCCCCC. The van der Waals surface area contributed by atoms with Crippen LogP contribution < -0.4 is 0 Å². The van der Waals surface area contributed by atoms with Gasteiger partial charge in [0.25, 0.3) is 0 Å². The Kier molecular flexibility index (Phi) is 42.1. The molecule has 0 atom stereocenters. The molecule has 0 aliphatic carbocycles. The number of carbonyl (C=O) groups is 2. The molecule has 324 valence electrons. The van der Waals surface area contributed by atoms with Crippen molar-refractivity contribution in [1.29, 1.82) is 0 Å². The predicted molar refractivity (Wildman–Crippen MR) is 243 cm³/mol. The molecule has 5 heteroatoms. The van der Waals surface area contributed by atoms with Gasteiger partial charge in [-0.15, -0.1) is 0 Å². The van der Waals surface area contributed by atoms with Crippen molar-refractivity contribution in [3.8, 4) is 0 Å². The van der Waals surface area contributed by atoms with E-state index < -0.39 is 8.15 Å². The van der Waals surface area contributed by atoms with Crippen LogP contribution in [0.15, 0.2) is 0 Å². The summed E-state index contributed by atoms with van der Waals surface area (Å²) < 4.78 is 6.90. The van der Waals surface area contributed by atoms with Gasteiger partial charge in [-0.3, -0.25) is 0 Å². The first-order valence-electron chi connectivity index (χ1n) is 24.7. The van der Waals surface area contributed by atoms with Gasteiger partial charge in [-0.05, 0) is 0 Å². The number of carbonyl (C=O) groups excluding carboxylic acids is 2. The summed E-state index contributed by atoms with van der Waals surface area (Å²) in [6, 6.07) is 0. The van der Waals surface area contributed by atoms with Crippen LogP contribution in [0.4, 0.5) is 0 Å². The van der Waals surface area contributed by atoms with Crippen molar-refractivity contribution < 1.29 is 18.6 Å². The molecule has 0 aromatic carbocycles. The van der Waals surface area contributed by atoms with Gasteiger partial charge in [0.2, 0.25) is 0 Å². The number of hydrogen-bond donors (Lipinski definition) is 0. The number of rotatable bonds is 46. The Hall–Kier alpha value is -0.310. The van der Waals surface area contributed by atoms with Crippen molar-refractivity contribution in [2.45, 2.75) is 271 Å². The third kappa shape index (κ3) is 41.3. The van der Waals surface area contributed by atoms with Gasteiger partial charge in [0, 0.05) is 0 Å². The van der Waals surface area contributed by atoms with E-state index in [1.165, 1.54) is 218 Å². The van der Waals surface area contributed by atoms with Gasteiger partial charge < -0.3 is 0 Å². The Labute approximate surface area is 341 Å². The van der Waals surface area contributed by atoms with Gasteiger partial charge in [0.1, 0.15) is 0 Å². The van der Waals surface area contributed by atoms with E-state index in [0.717, 1.165) is 36.7 Å². The van der Waals surface area contributed by atoms with Crippen LogP contribution in [0.5, 0.6) is 0 Å². The van der Waals surface area contributed by atoms with Crippen LogP contribution in [0, 0.1) is 0 Å². The van der Waals surface area contributed by atoms with E-state index in [1.54, 1.807) is 0 Å². The summed E-state index contributed by atoms with van der Waals surface area (Å²) >= 11 is 0. The van der Waals surface area contributed by atoms with Crippen LogP contribution in [0.3, 0.4) is 0 Å². The Balaban J connectivity index is 3.88. The van der Waals surface area contributed by atoms with Crippen LogP contribution in [-0.2, 0) is 14.1 Å². The van der Waals surface area contributed by atoms with E-state index in [4.69, 9.17) is 4.52 Å². The van der Waals surface area contributed by atoms with Gasteiger partial charge in [-0.2, -0.15) is 0 Å². The van der Waals surface area contributed by atoms with Crippen LogP contribution in [0.1, 0.15) is 271 Å². The van der Waals surface area contributed by atoms with Gasteiger partial charge in [-0.1, -0.05) is 129 Å². The second-order valence-corrected chi connectivity index (χ2v) is 20.3. The van der Waals surface area contributed by atoms with Gasteiger partial charge in [0.15, 0.2) is 0 Å². The fourth-order valence-electron chi connectivity index (χ4n) is 7.69. The summed E-state index contributed by atoms with van der Waals surface area (Å²) in [4.78, 5) is 26.4. The quantitative estimate of drug-likeness (QED) is 0.0351. The van der Waals surface area contributed by atoms with Gasteiger partial charge in [-0.25, -0.2) is 0 Å². The molecule has 4 nitrogen and oxygen atoms in total. The molecule has 0 saturated heterocycles. The predicted octanol–water partition coefficient (Wildman–Crippen LogP) is 16.5. The summed E-state index contributed by atoms with van der Waals surface area (Å²) in [7, 11) is 4.35. The van der Waals surface area contributed by atoms with Crippen molar-refractivity contribution in [2.75, 3.05) is 34.3 Å². The standard InChI is InChI=1S/C49H100NO3P/c1-6-8-10-12-14-16-18-20-22-24-26-28-30-32-34-36-38-40-42-44-48(51)54(53-47-46-50(3,4)5)49(52)45-43-41-39-37-35-33-31-29-27-25-23-21-19-17-15-13-11-9-7-2/h54H,6-47H2,1-5H3. The summed E-state index contributed by atoms with van der Waals surface area (Å²) in [6.07, 6.45) is 52.4. The van der Waals surface area contributed by atoms with E-state index in [9.17, 15) is 9.59 Å². The van der Waals surface area contributed by atoms with Crippen molar-refractivity contribution in [2.24, 2.45) is 0 Å². The summed E-state index contributed by atoms with van der Waals surface area (Å²) in [6.45, 7) is 5.92. The van der Waals surface area contributed by atoms with Gasteiger partial charge in [0.05, 0.1) is 0 Å². The molecular weight excluding hydrogens is 682 g/mol. The van der Waals surface area contributed by atoms with Crippen molar-refractivity contribution >= 4 is 19.2 Å². The average molecular weight is 782 g/mol. The van der Waals surface area contributed by atoms with E-state index >= 15 is 0 Å². The Morgan fingerprint density at radius 1 is 0.352 bits per heavy atom. The molecule has 0 amide bonds. The minimum Gasteiger partial charge on any atom is -0.0654 e. The van der Waals surface area contributed by atoms with Crippen LogP contribution >= 0.6 is 8.15 Å². The fourth-order valence-corrected chi connectivity index (χ4v) is 9.43. The molecule has 0 N–H and O–H groups in total. The Bertz CT molecular complexity index is 727. The fraction of sp³-hybridized carbons (Fsp3) is 0.959. The van der Waals surface area contributed by atoms with E-state index in [1.807, 2.05) is 0 Å². The topological polar surface area (TPSA) is 43.4 Å². The third-order valence-electron chi connectivity index (χ3n) is 11.5. The molecule has 0 bridgehead atoms. The first-order chi connectivity index (χ1) is 26.3. The molecule has 0 aromatic rings. The zero-order valence-corrected chi connectivity index (χ0v) is 38.9. The molecule has 0 fully saturated rings. The first kappa shape index (κ1) is 53.7. The third-order valence-corrected chi connectivity index (χ3v) is 13.5. The maximum absolute atomic E-state index is 13.2. The number of hydrogen-bond acceptors (Lipinski definition) is 3. The van der Waals surface area contributed by atoms with E-state index in [2.05, 4.69) is 35.0 Å². The van der Waals surface area contributed by atoms with Crippen LogP contribution in [0.25, 0.3) is 0 Å². The summed E-state index contributed by atoms with van der Waals surface area (Å²) in [5, 5.41) is 0. The Morgan fingerprint density at radius 2 is 0.556 bits per heavy atom. The zero-order chi connectivity index (χ0) is 39.6. The molecule has 0 aliphatic rings. The molecule has 0 aliphatic heterocycles. The minimum absolute atomic E-state index is 0.121. The van der Waals surface area contributed by atoms with E-state index in [0.29, 0.717) is 19.4 Å². The van der Waals surface area contributed by atoms with Crippen LogP contribution in [-0.4, -0.2) is 49.8 Å². The van der Waals surface area contributed by atoms with Crippen molar-refractivity contribution in [1.82, 2.24) is 0 Å². The normalized spacial score (nSPS) is 12.1. The van der Waals surface area contributed by atoms with Crippen molar-refractivity contribution in [3.63, 3.8) is 0 Å². The molecule has 0 rings (SSSR count). The maximum atomic E-state index is 13.2. The van der Waals surface area contributed by atoms with Crippen LogP contribution in [0.2, 0.25) is 0 Å². The summed E-state index contributed by atoms with van der Waals surface area (Å²) in [5.74, 6) is 0. The number of unbranched alkanes of at least 4 members (excludes halogenated alkanes) is 36. The average Bonchev–Trinajstić information content (AvgIpc) is 3.14. The molecular formula is C49H100NO3P. The minimum atomic E-state index is -2.06.